The molecule has 0 amide bonds. The second kappa shape index (κ2) is 4.14. The Bertz CT molecular complexity index is 336. The molecule has 4 heteroatoms. The van der Waals surface area contributed by atoms with E-state index in [1.165, 1.54) is 25.3 Å². The van der Waals surface area contributed by atoms with Gasteiger partial charge in [-0.3, -0.25) is 0 Å². The molecule has 0 aliphatic heterocycles. The molecule has 0 aromatic heterocycles. The molecule has 70 valence electrons. The van der Waals surface area contributed by atoms with Gasteiger partial charge in [-0.1, -0.05) is 17.7 Å². The van der Waals surface area contributed by atoms with Gasteiger partial charge in [0.1, 0.15) is 5.82 Å². The van der Waals surface area contributed by atoms with Crippen molar-refractivity contribution in [3.8, 4) is 0 Å². The molecule has 1 aromatic rings. The SMILES string of the molecule is CO/C(O)=C\c1ccc(F)cc1Cl. The van der Waals surface area contributed by atoms with Gasteiger partial charge in [-0.15, -0.1) is 0 Å². The van der Waals surface area contributed by atoms with Crippen molar-refractivity contribution in [1.82, 2.24) is 0 Å². The van der Waals surface area contributed by atoms with Crippen molar-refractivity contribution in [1.29, 1.82) is 0 Å². The highest BCUT2D eigenvalue weighted by Gasteiger charge is 2.00. The largest absolute Gasteiger partial charge is 0.481 e. The predicted octanol–water partition coefficient (Wildman–Crippen LogP) is 2.98. The van der Waals surface area contributed by atoms with Crippen LogP contribution in [0, 0.1) is 5.82 Å². The number of hydrogen-bond acceptors (Lipinski definition) is 2. The van der Waals surface area contributed by atoms with Gasteiger partial charge in [0.05, 0.1) is 12.1 Å². The Labute approximate surface area is 80.2 Å². The van der Waals surface area contributed by atoms with E-state index in [4.69, 9.17) is 16.7 Å². The lowest BCUT2D eigenvalue weighted by atomic mass is 10.2. The lowest BCUT2D eigenvalue weighted by Crippen LogP contribution is -1.85. The highest BCUT2D eigenvalue weighted by molar-refractivity contribution is 6.32. The quantitative estimate of drug-likeness (QED) is 0.748. The Morgan fingerprint density at radius 2 is 2.31 bits per heavy atom. The van der Waals surface area contributed by atoms with Gasteiger partial charge in [0.25, 0.3) is 5.95 Å². The van der Waals surface area contributed by atoms with Crippen molar-refractivity contribution in [2.45, 2.75) is 0 Å². The van der Waals surface area contributed by atoms with E-state index in [0.29, 0.717) is 5.56 Å². The summed E-state index contributed by atoms with van der Waals surface area (Å²) in [5.41, 5.74) is 0.502. The normalized spacial score (nSPS) is 11.5. The maximum Gasteiger partial charge on any atom is 0.276 e. The zero-order valence-corrected chi connectivity index (χ0v) is 7.68. The second-order valence-corrected chi connectivity index (χ2v) is 2.76. The fourth-order valence-corrected chi connectivity index (χ4v) is 1.03. The monoisotopic (exact) mass is 202 g/mol. The Balaban J connectivity index is 3.03. The van der Waals surface area contributed by atoms with Crippen LogP contribution in [0.2, 0.25) is 5.02 Å². The lowest BCUT2D eigenvalue weighted by Gasteiger charge is -1.99. The standard InChI is InChI=1S/C9H8ClFO2/c1-13-9(12)4-6-2-3-7(11)5-8(6)10/h2-5,12H,1H3/b9-4-. The molecule has 1 N–H and O–H groups in total. The van der Waals surface area contributed by atoms with Crippen molar-refractivity contribution in [2.75, 3.05) is 7.11 Å². The Morgan fingerprint density at radius 1 is 1.62 bits per heavy atom. The lowest BCUT2D eigenvalue weighted by molar-refractivity contribution is 0.141. The third kappa shape index (κ3) is 2.63. The van der Waals surface area contributed by atoms with E-state index in [1.54, 1.807) is 0 Å². The van der Waals surface area contributed by atoms with E-state index in [0.717, 1.165) is 6.07 Å². The average Bonchev–Trinajstić information content (AvgIpc) is 2.09. The summed E-state index contributed by atoms with van der Waals surface area (Å²) in [6.07, 6.45) is 1.31. The van der Waals surface area contributed by atoms with Gasteiger partial charge >= 0.3 is 0 Å². The first kappa shape index (κ1) is 9.86. The van der Waals surface area contributed by atoms with E-state index in [9.17, 15) is 4.39 Å². The summed E-state index contributed by atoms with van der Waals surface area (Å²) in [7, 11) is 1.32. The van der Waals surface area contributed by atoms with Gasteiger partial charge in [-0.25, -0.2) is 4.39 Å². The topological polar surface area (TPSA) is 29.5 Å². The smallest absolute Gasteiger partial charge is 0.276 e. The average molecular weight is 203 g/mol. The number of halogens is 2. The zero-order valence-electron chi connectivity index (χ0n) is 6.92. The molecule has 0 aliphatic carbocycles. The minimum Gasteiger partial charge on any atom is -0.481 e. The summed E-state index contributed by atoms with van der Waals surface area (Å²) in [6, 6.07) is 3.86. The molecule has 0 saturated heterocycles. The molecular formula is C9H8ClFO2. The number of rotatable bonds is 2. The van der Waals surface area contributed by atoms with Crippen molar-refractivity contribution in [3.05, 3.63) is 40.5 Å². The van der Waals surface area contributed by atoms with Crippen LogP contribution < -0.4 is 0 Å². The minimum absolute atomic E-state index is 0.226. The van der Waals surface area contributed by atoms with Crippen LogP contribution in [0.5, 0.6) is 0 Å². The Morgan fingerprint density at radius 3 is 2.85 bits per heavy atom. The van der Waals surface area contributed by atoms with Crippen LogP contribution in [0.4, 0.5) is 4.39 Å². The van der Waals surface area contributed by atoms with E-state index in [-0.39, 0.29) is 11.0 Å². The van der Waals surface area contributed by atoms with Gasteiger partial charge in [0, 0.05) is 11.6 Å². The van der Waals surface area contributed by atoms with Gasteiger partial charge in [0.2, 0.25) is 0 Å². The van der Waals surface area contributed by atoms with Crippen LogP contribution in [0.25, 0.3) is 6.08 Å². The highest BCUT2D eigenvalue weighted by atomic mass is 35.5. The third-order valence-electron chi connectivity index (χ3n) is 1.45. The molecule has 0 fully saturated rings. The molecule has 0 unspecified atom stereocenters. The molecule has 0 heterocycles. The molecule has 0 spiro atoms. The fourth-order valence-electron chi connectivity index (χ4n) is 0.811. The molecule has 0 saturated carbocycles. The van der Waals surface area contributed by atoms with Crippen LogP contribution in [-0.4, -0.2) is 12.2 Å². The van der Waals surface area contributed by atoms with Crippen LogP contribution >= 0.6 is 11.6 Å². The molecular weight excluding hydrogens is 195 g/mol. The summed E-state index contributed by atoms with van der Waals surface area (Å²) in [4.78, 5) is 0. The number of hydrogen-bond donors (Lipinski definition) is 1. The molecule has 0 bridgehead atoms. The summed E-state index contributed by atoms with van der Waals surface area (Å²) in [6.45, 7) is 0. The summed E-state index contributed by atoms with van der Waals surface area (Å²) in [5, 5.41) is 9.22. The number of aliphatic hydroxyl groups is 1. The van der Waals surface area contributed by atoms with Crippen LogP contribution in [0.3, 0.4) is 0 Å². The molecule has 2 nitrogen and oxygen atoms in total. The predicted molar refractivity (Wildman–Crippen MR) is 49.0 cm³/mol. The molecule has 13 heavy (non-hydrogen) atoms. The van der Waals surface area contributed by atoms with Crippen LogP contribution in [0.1, 0.15) is 5.56 Å². The second-order valence-electron chi connectivity index (χ2n) is 2.35. The van der Waals surface area contributed by atoms with Crippen molar-refractivity contribution in [2.24, 2.45) is 0 Å². The highest BCUT2D eigenvalue weighted by Crippen LogP contribution is 2.19. The molecule has 0 atom stereocenters. The number of methoxy groups -OCH3 is 1. The summed E-state index contributed by atoms with van der Waals surface area (Å²) in [5.74, 6) is -0.687. The van der Waals surface area contributed by atoms with Crippen molar-refractivity contribution >= 4 is 17.7 Å². The Hall–Kier alpha value is -1.22. The fraction of sp³-hybridized carbons (Fsp3) is 0.111. The van der Waals surface area contributed by atoms with E-state index < -0.39 is 5.82 Å². The van der Waals surface area contributed by atoms with Crippen LogP contribution in [0.15, 0.2) is 24.1 Å². The van der Waals surface area contributed by atoms with Crippen molar-refractivity contribution in [3.63, 3.8) is 0 Å². The van der Waals surface area contributed by atoms with E-state index >= 15 is 0 Å². The van der Waals surface area contributed by atoms with Gasteiger partial charge in [-0.2, -0.15) is 0 Å². The first-order valence-electron chi connectivity index (χ1n) is 3.53. The van der Waals surface area contributed by atoms with Gasteiger partial charge in [0.15, 0.2) is 0 Å². The zero-order chi connectivity index (χ0) is 9.84. The molecule has 0 aliphatic rings. The molecule has 1 rings (SSSR count). The van der Waals surface area contributed by atoms with Gasteiger partial charge in [-0.05, 0) is 12.1 Å². The minimum atomic E-state index is -0.418. The van der Waals surface area contributed by atoms with E-state index in [1.807, 2.05) is 0 Å². The van der Waals surface area contributed by atoms with Crippen molar-refractivity contribution < 1.29 is 14.2 Å². The maximum absolute atomic E-state index is 12.6. The summed E-state index contributed by atoms with van der Waals surface area (Å²) >= 11 is 5.68. The molecule has 1 aromatic carbocycles. The van der Waals surface area contributed by atoms with Crippen LogP contribution in [-0.2, 0) is 4.74 Å². The Kier molecular flexibility index (Phi) is 3.14. The van der Waals surface area contributed by atoms with E-state index in [2.05, 4.69) is 4.74 Å². The number of aliphatic hydroxyl groups excluding tert-OH is 1. The molecule has 0 radical (unpaired) electrons. The number of benzene rings is 1. The third-order valence-corrected chi connectivity index (χ3v) is 1.78. The first-order chi connectivity index (χ1) is 6.13. The maximum atomic E-state index is 12.6. The summed E-state index contributed by atoms with van der Waals surface area (Å²) < 4.78 is 17.1. The number of ether oxygens (including phenoxy) is 1. The van der Waals surface area contributed by atoms with Gasteiger partial charge < -0.3 is 9.84 Å². The first-order valence-corrected chi connectivity index (χ1v) is 3.91.